The van der Waals surface area contributed by atoms with Crippen LogP contribution in [0.25, 0.3) is 0 Å². The molecule has 64 valence electrons. The normalized spacial score (nSPS) is 20.9. The van der Waals surface area contributed by atoms with Gasteiger partial charge >= 0.3 is 0 Å². The molecular formula is C10H13NS. The van der Waals surface area contributed by atoms with Gasteiger partial charge in [0, 0.05) is 6.26 Å². The summed E-state index contributed by atoms with van der Waals surface area (Å²) < 4.78 is 4.32. The first-order valence-corrected chi connectivity index (χ1v) is 5.01. The lowest BCUT2D eigenvalue weighted by atomic mass is 9.94. The van der Waals surface area contributed by atoms with Gasteiger partial charge in [-0.2, -0.15) is 0 Å². The van der Waals surface area contributed by atoms with E-state index in [0.717, 1.165) is 11.3 Å². The Kier molecular flexibility index (Phi) is 2.93. The van der Waals surface area contributed by atoms with Crippen LogP contribution in [0.15, 0.2) is 39.8 Å². The summed E-state index contributed by atoms with van der Waals surface area (Å²) in [5.74, 6) is 0. The van der Waals surface area contributed by atoms with Crippen LogP contribution < -0.4 is 0 Å². The molecule has 0 aliphatic heterocycles. The third kappa shape index (κ3) is 1.69. The van der Waals surface area contributed by atoms with Gasteiger partial charge in [-0.05, 0) is 42.5 Å². The Hall–Kier alpha value is -0.760. The molecule has 0 fully saturated rings. The quantitative estimate of drug-likeness (QED) is 0.563. The molecule has 0 bridgehead atoms. The van der Waals surface area contributed by atoms with Gasteiger partial charge in [0.25, 0.3) is 0 Å². The number of hydrogen-bond acceptors (Lipinski definition) is 2. The van der Waals surface area contributed by atoms with Crippen LogP contribution in [0.3, 0.4) is 0 Å². The lowest BCUT2D eigenvalue weighted by Gasteiger charge is -2.13. The van der Waals surface area contributed by atoms with Crippen molar-refractivity contribution in [2.45, 2.75) is 13.8 Å². The highest BCUT2D eigenvalue weighted by atomic mass is 32.2. The van der Waals surface area contributed by atoms with Crippen LogP contribution >= 0.6 is 11.9 Å². The summed E-state index contributed by atoms with van der Waals surface area (Å²) in [5.41, 5.74) is 4.47. The van der Waals surface area contributed by atoms with Crippen molar-refractivity contribution in [1.82, 2.24) is 0 Å². The molecule has 12 heavy (non-hydrogen) atoms. The lowest BCUT2D eigenvalue weighted by Crippen LogP contribution is -2.07. The number of rotatable bonds is 1. The maximum absolute atomic E-state index is 4.32. The molecule has 0 amide bonds. The summed E-state index contributed by atoms with van der Waals surface area (Å²) in [5, 5.41) is 0. The first kappa shape index (κ1) is 9.33. The minimum Gasteiger partial charge on any atom is -0.216 e. The molecule has 0 saturated carbocycles. The van der Waals surface area contributed by atoms with Crippen molar-refractivity contribution < 1.29 is 0 Å². The molecule has 0 spiro atoms. The van der Waals surface area contributed by atoms with Crippen molar-refractivity contribution in [2.24, 2.45) is 4.40 Å². The zero-order chi connectivity index (χ0) is 9.14. The van der Waals surface area contributed by atoms with Crippen molar-refractivity contribution in [2.75, 3.05) is 6.26 Å². The van der Waals surface area contributed by atoms with E-state index >= 15 is 0 Å². The summed E-state index contributed by atoms with van der Waals surface area (Å²) in [7, 11) is 0. The Bertz CT molecular complexity index is 291. The van der Waals surface area contributed by atoms with E-state index in [4.69, 9.17) is 0 Å². The van der Waals surface area contributed by atoms with Crippen molar-refractivity contribution in [3.63, 3.8) is 0 Å². The molecule has 1 aliphatic carbocycles. The number of allylic oxidation sites excluding steroid dienone is 5. The van der Waals surface area contributed by atoms with E-state index in [-0.39, 0.29) is 0 Å². The molecule has 0 N–H and O–H groups in total. The van der Waals surface area contributed by atoms with Crippen molar-refractivity contribution in [3.8, 4) is 0 Å². The molecule has 1 aliphatic rings. The molecule has 1 nitrogen and oxygen atoms in total. The van der Waals surface area contributed by atoms with E-state index in [1.165, 1.54) is 23.1 Å². The average molecular weight is 179 g/mol. The van der Waals surface area contributed by atoms with E-state index in [9.17, 15) is 0 Å². The molecule has 0 heterocycles. The molecule has 0 radical (unpaired) electrons. The van der Waals surface area contributed by atoms with Crippen molar-refractivity contribution >= 4 is 17.7 Å². The average Bonchev–Trinajstić information content (AvgIpc) is 2.06. The summed E-state index contributed by atoms with van der Waals surface area (Å²) in [6.45, 7) is 8.11. The smallest absolute Gasteiger partial charge is 0.0810 e. The highest BCUT2D eigenvalue weighted by Crippen LogP contribution is 2.21. The Labute approximate surface area is 78.1 Å². The zero-order valence-corrected chi connectivity index (χ0v) is 8.53. The van der Waals surface area contributed by atoms with Gasteiger partial charge in [-0.3, -0.25) is 0 Å². The summed E-state index contributed by atoms with van der Waals surface area (Å²) in [4.78, 5) is 0. The van der Waals surface area contributed by atoms with E-state index in [1.807, 2.05) is 6.26 Å². The number of nitrogens with zero attached hydrogens (tertiary/aromatic N) is 1. The highest BCUT2D eigenvalue weighted by molar-refractivity contribution is 7.97. The molecule has 1 rings (SSSR count). The zero-order valence-electron chi connectivity index (χ0n) is 7.72. The molecular weight excluding hydrogens is 166 g/mol. The largest absolute Gasteiger partial charge is 0.216 e. The predicted molar refractivity (Wildman–Crippen MR) is 57.6 cm³/mol. The van der Waals surface area contributed by atoms with E-state index in [1.54, 1.807) is 0 Å². The van der Waals surface area contributed by atoms with Gasteiger partial charge < -0.3 is 0 Å². The van der Waals surface area contributed by atoms with Gasteiger partial charge in [0.1, 0.15) is 0 Å². The molecule has 0 aromatic carbocycles. The van der Waals surface area contributed by atoms with Crippen LogP contribution in [0.4, 0.5) is 0 Å². The molecule has 0 atom stereocenters. The fourth-order valence-electron chi connectivity index (χ4n) is 1.07. The minimum atomic E-state index is 1.03. The first-order chi connectivity index (χ1) is 5.66. The third-order valence-electron chi connectivity index (χ3n) is 1.90. The Balaban J connectivity index is 3.06. The molecule has 0 unspecified atom stereocenters. The fraction of sp³-hybridized carbons (Fsp3) is 0.300. The van der Waals surface area contributed by atoms with Gasteiger partial charge in [0.2, 0.25) is 0 Å². The Morgan fingerprint density at radius 2 is 1.83 bits per heavy atom. The van der Waals surface area contributed by atoms with Crippen molar-refractivity contribution in [1.29, 1.82) is 0 Å². The highest BCUT2D eigenvalue weighted by Gasteiger charge is 2.11. The second-order valence-corrected chi connectivity index (χ2v) is 3.35. The third-order valence-corrected chi connectivity index (χ3v) is 2.27. The van der Waals surface area contributed by atoms with Crippen LogP contribution in [0.5, 0.6) is 0 Å². The second-order valence-electron chi connectivity index (χ2n) is 2.80. The van der Waals surface area contributed by atoms with Crippen LogP contribution in [0.2, 0.25) is 0 Å². The molecule has 2 heteroatoms. The van der Waals surface area contributed by atoms with Crippen molar-refractivity contribution in [3.05, 3.63) is 35.5 Å². The molecule has 0 aromatic rings. The van der Waals surface area contributed by atoms with E-state index < -0.39 is 0 Å². The van der Waals surface area contributed by atoms with Crippen LogP contribution in [0, 0.1) is 0 Å². The molecule has 0 aromatic heterocycles. The second kappa shape index (κ2) is 3.76. The minimum absolute atomic E-state index is 1.03. The van der Waals surface area contributed by atoms with E-state index in [0.29, 0.717) is 0 Å². The van der Waals surface area contributed by atoms with Gasteiger partial charge in [-0.15, -0.1) is 0 Å². The Morgan fingerprint density at radius 1 is 1.25 bits per heavy atom. The monoisotopic (exact) mass is 179 g/mol. The van der Waals surface area contributed by atoms with Gasteiger partial charge in [0.15, 0.2) is 0 Å². The summed E-state index contributed by atoms with van der Waals surface area (Å²) >= 11 is 1.48. The predicted octanol–water partition coefficient (Wildman–Crippen LogP) is 3.17. The van der Waals surface area contributed by atoms with Crippen LogP contribution in [-0.2, 0) is 0 Å². The summed E-state index contributed by atoms with van der Waals surface area (Å²) in [6.07, 6.45) is 6.12. The lowest BCUT2D eigenvalue weighted by molar-refractivity contribution is 1.40. The topological polar surface area (TPSA) is 12.4 Å². The van der Waals surface area contributed by atoms with Crippen LogP contribution in [0.1, 0.15) is 13.8 Å². The summed E-state index contributed by atoms with van der Waals surface area (Å²) in [6, 6.07) is 0. The maximum Gasteiger partial charge on any atom is 0.0810 e. The standard InChI is InChI=1S/C10H13NS/c1-7-5-6-8(2)10(9(7)3)11-12-4/h5-6H,3H2,1-2,4H3/b11-10-. The first-order valence-electron chi connectivity index (χ1n) is 3.83. The number of hydrogen-bond donors (Lipinski definition) is 0. The van der Waals surface area contributed by atoms with Gasteiger partial charge in [0.05, 0.1) is 5.71 Å². The Morgan fingerprint density at radius 3 is 2.42 bits per heavy atom. The fourth-order valence-corrected chi connectivity index (χ4v) is 1.51. The van der Waals surface area contributed by atoms with Crippen LogP contribution in [-0.4, -0.2) is 12.0 Å². The SMILES string of the molecule is C=C1C(C)=CC=C(C)/C1=N/SC. The maximum atomic E-state index is 4.32. The van der Waals surface area contributed by atoms with Gasteiger partial charge in [-0.1, -0.05) is 18.7 Å². The molecule has 0 saturated heterocycles. The van der Waals surface area contributed by atoms with E-state index in [2.05, 4.69) is 37.0 Å². The van der Waals surface area contributed by atoms with Gasteiger partial charge in [-0.25, -0.2) is 4.40 Å².